The molecule has 0 spiro atoms. The molecule has 0 bridgehead atoms. The fraction of sp³-hybridized carbons (Fsp3) is 0.577. The minimum atomic E-state index is -0.0964. The zero-order valence-corrected chi connectivity index (χ0v) is 19.9. The summed E-state index contributed by atoms with van der Waals surface area (Å²) in [6.45, 7) is 8.88. The molecule has 1 N–H and O–H groups in total. The van der Waals surface area contributed by atoms with Crippen molar-refractivity contribution < 1.29 is 4.74 Å². The van der Waals surface area contributed by atoms with Crippen LogP contribution >= 0.6 is 0 Å². The first-order valence-corrected chi connectivity index (χ1v) is 12.8. The highest BCUT2D eigenvalue weighted by molar-refractivity contribution is 5.54. The van der Waals surface area contributed by atoms with Crippen molar-refractivity contribution >= 4 is 11.2 Å². The Hall–Kier alpha value is -2.71. The number of H-pyrrole nitrogens is 1. The van der Waals surface area contributed by atoms with E-state index in [1.807, 2.05) is 4.52 Å². The van der Waals surface area contributed by atoms with Gasteiger partial charge in [-0.1, -0.05) is 25.1 Å². The number of anilines is 1. The maximum atomic E-state index is 12.9. The van der Waals surface area contributed by atoms with E-state index in [4.69, 9.17) is 9.84 Å². The Labute approximate surface area is 199 Å². The monoisotopic (exact) mass is 462 g/mol. The molecular formula is C26H34N6O2. The molecule has 0 saturated carbocycles. The summed E-state index contributed by atoms with van der Waals surface area (Å²) < 4.78 is 7.33. The van der Waals surface area contributed by atoms with Crippen LogP contribution in [0.2, 0.25) is 0 Å². The SMILES string of the molecule is CC1CN(Cc2ccccc2N2CCCC2)CC1c1nn2c(C3CCOCC3)ncc2c(=O)[nH]1. The van der Waals surface area contributed by atoms with Gasteiger partial charge < -0.3 is 14.6 Å². The predicted molar refractivity (Wildman–Crippen MR) is 131 cm³/mol. The van der Waals surface area contributed by atoms with Crippen molar-refractivity contribution in [1.29, 1.82) is 0 Å². The van der Waals surface area contributed by atoms with Crippen molar-refractivity contribution in [2.45, 2.75) is 51.0 Å². The van der Waals surface area contributed by atoms with E-state index in [-0.39, 0.29) is 17.4 Å². The molecule has 3 saturated heterocycles. The van der Waals surface area contributed by atoms with Crippen LogP contribution in [0.25, 0.3) is 5.52 Å². The average Bonchev–Trinajstić information content (AvgIpc) is 3.60. The van der Waals surface area contributed by atoms with Gasteiger partial charge in [0, 0.05) is 63.5 Å². The van der Waals surface area contributed by atoms with Crippen molar-refractivity contribution in [2.75, 3.05) is 44.3 Å². The van der Waals surface area contributed by atoms with Gasteiger partial charge in [-0.05, 0) is 43.2 Å². The summed E-state index contributed by atoms with van der Waals surface area (Å²) in [5.74, 6) is 2.58. The maximum absolute atomic E-state index is 12.9. The van der Waals surface area contributed by atoms with Crippen molar-refractivity contribution in [3.8, 4) is 0 Å². The van der Waals surface area contributed by atoms with Crippen LogP contribution in [0.15, 0.2) is 35.3 Å². The van der Waals surface area contributed by atoms with E-state index in [9.17, 15) is 4.79 Å². The highest BCUT2D eigenvalue weighted by Crippen LogP contribution is 2.33. The number of likely N-dealkylation sites (tertiary alicyclic amines) is 1. The first-order valence-electron chi connectivity index (χ1n) is 12.8. The van der Waals surface area contributed by atoms with Gasteiger partial charge in [0.25, 0.3) is 5.56 Å². The molecule has 3 aromatic rings. The Kier molecular flexibility index (Phi) is 5.87. The average molecular weight is 463 g/mol. The van der Waals surface area contributed by atoms with E-state index in [0.29, 0.717) is 11.4 Å². The third kappa shape index (κ3) is 4.03. The molecule has 0 amide bonds. The van der Waals surface area contributed by atoms with E-state index in [2.05, 4.69) is 51.0 Å². The molecule has 3 fully saturated rings. The Bertz CT molecular complexity index is 1210. The molecule has 3 aliphatic heterocycles. The summed E-state index contributed by atoms with van der Waals surface area (Å²) in [4.78, 5) is 25.6. The fourth-order valence-corrected chi connectivity index (χ4v) is 6.04. The lowest BCUT2D eigenvalue weighted by Crippen LogP contribution is -2.25. The van der Waals surface area contributed by atoms with Gasteiger partial charge in [-0.3, -0.25) is 9.69 Å². The normalized spacial score (nSPS) is 24.4. The van der Waals surface area contributed by atoms with Crippen LogP contribution in [0.5, 0.6) is 0 Å². The first kappa shape index (κ1) is 21.8. The second kappa shape index (κ2) is 9.15. The highest BCUT2D eigenvalue weighted by atomic mass is 16.5. The standard InChI is InChI=1S/C26H34N6O2/c1-18-15-30(16-20-6-2-3-7-22(20)31-10-4-5-11-31)17-21(18)24-28-26(33)23-14-27-25(32(23)29-24)19-8-12-34-13-9-19/h2-3,6-7,14,18-19,21H,4-5,8-13,15-17H2,1H3,(H,28,29,33). The molecule has 8 nitrogen and oxygen atoms in total. The molecule has 6 rings (SSSR count). The summed E-state index contributed by atoms with van der Waals surface area (Å²) in [5.41, 5.74) is 3.21. The summed E-state index contributed by atoms with van der Waals surface area (Å²) in [5, 5.41) is 4.95. The topological polar surface area (TPSA) is 78.8 Å². The van der Waals surface area contributed by atoms with Gasteiger partial charge in [0.2, 0.25) is 0 Å². The zero-order chi connectivity index (χ0) is 23.1. The minimum absolute atomic E-state index is 0.0964. The summed E-state index contributed by atoms with van der Waals surface area (Å²) in [7, 11) is 0. The van der Waals surface area contributed by atoms with Crippen LogP contribution in [0, 0.1) is 5.92 Å². The van der Waals surface area contributed by atoms with Gasteiger partial charge in [0.05, 0.1) is 6.20 Å². The summed E-state index contributed by atoms with van der Waals surface area (Å²) in [6.07, 6.45) is 6.07. The zero-order valence-electron chi connectivity index (χ0n) is 19.9. The molecule has 2 unspecified atom stereocenters. The van der Waals surface area contributed by atoms with Gasteiger partial charge in [-0.2, -0.15) is 5.10 Å². The second-order valence-electron chi connectivity index (χ2n) is 10.2. The van der Waals surface area contributed by atoms with Gasteiger partial charge >= 0.3 is 0 Å². The molecule has 34 heavy (non-hydrogen) atoms. The van der Waals surface area contributed by atoms with Crippen LogP contribution in [0.1, 0.15) is 61.7 Å². The molecule has 2 atom stereocenters. The summed E-state index contributed by atoms with van der Waals surface area (Å²) in [6, 6.07) is 8.83. The largest absolute Gasteiger partial charge is 0.381 e. The molecule has 180 valence electrons. The number of para-hydroxylation sites is 1. The molecule has 3 aliphatic rings. The van der Waals surface area contributed by atoms with Crippen LogP contribution in [0.3, 0.4) is 0 Å². The Morgan fingerprint density at radius 2 is 1.91 bits per heavy atom. The van der Waals surface area contributed by atoms with Crippen molar-refractivity contribution in [2.24, 2.45) is 5.92 Å². The molecule has 0 radical (unpaired) electrons. The fourth-order valence-electron chi connectivity index (χ4n) is 6.04. The lowest BCUT2D eigenvalue weighted by atomic mass is 9.97. The van der Waals surface area contributed by atoms with Crippen LogP contribution in [0.4, 0.5) is 5.69 Å². The van der Waals surface area contributed by atoms with Crippen LogP contribution in [-0.2, 0) is 11.3 Å². The van der Waals surface area contributed by atoms with Crippen LogP contribution in [-0.4, -0.2) is 63.9 Å². The number of ether oxygens (including phenoxy) is 1. The number of imidazole rings is 1. The third-order valence-electron chi connectivity index (χ3n) is 7.90. The number of hydrogen-bond donors (Lipinski definition) is 1. The molecule has 8 heteroatoms. The Balaban J connectivity index is 1.25. The second-order valence-corrected chi connectivity index (χ2v) is 10.2. The number of nitrogens with one attached hydrogen (secondary N) is 1. The Morgan fingerprint density at radius 3 is 2.74 bits per heavy atom. The quantitative estimate of drug-likeness (QED) is 0.628. The number of hydrogen-bond acceptors (Lipinski definition) is 6. The van der Waals surface area contributed by atoms with Gasteiger partial charge in [-0.15, -0.1) is 0 Å². The van der Waals surface area contributed by atoms with E-state index >= 15 is 0 Å². The molecule has 5 heterocycles. The number of nitrogens with zero attached hydrogens (tertiary/aromatic N) is 5. The number of aromatic nitrogens is 4. The van der Waals surface area contributed by atoms with Crippen molar-refractivity contribution in [1.82, 2.24) is 24.5 Å². The van der Waals surface area contributed by atoms with E-state index in [1.54, 1.807) is 6.20 Å². The lowest BCUT2D eigenvalue weighted by Gasteiger charge is -2.24. The highest BCUT2D eigenvalue weighted by Gasteiger charge is 2.34. The van der Waals surface area contributed by atoms with Crippen molar-refractivity contribution in [3.63, 3.8) is 0 Å². The first-order chi connectivity index (χ1) is 16.7. The molecular weight excluding hydrogens is 428 g/mol. The molecule has 2 aromatic heterocycles. The van der Waals surface area contributed by atoms with Gasteiger partial charge in [0.15, 0.2) is 5.52 Å². The smallest absolute Gasteiger partial charge is 0.276 e. The number of rotatable bonds is 5. The molecule has 1 aromatic carbocycles. The molecule has 0 aliphatic carbocycles. The number of fused-ring (bicyclic) bond motifs is 1. The minimum Gasteiger partial charge on any atom is -0.381 e. The third-order valence-corrected chi connectivity index (χ3v) is 7.90. The van der Waals surface area contributed by atoms with E-state index in [1.165, 1.54) is 24.1 Å². The van der Waals surface area contributed by atoms with Gasteiger partial charge in [0.1, 0.15) is 11.6 Å². The predicted octanol–water partition coefficient (Wildman–Crippen LogP) is 3.15. The van der Waals surface area contributed by atoms with E-state index in [0.717, 1.165) is 70.4 Å². The summed E-state index contributed by atoms with van der Waals surface area (Å²) >= 11 is 0. The van der Waals surface area contributed by atoms with Gasteiger partial charge in [-0.25, -0.2) is 9.50 Å². The lowest BCUT2D eigenvalue weighted by molar-refractivity contribution is 0.0832. The van der Waals surface area contributed by atoms with E-state index < -0.39 is 0 Å². The number of benzene rings is 1. The Morgan fingerprint density at radius 1 is 1.12 bits per heavy atom. The number of aromatic amines is 1. The van der Waals surface area contributed by atoms with Crippen molar-refractivity contribution in [3.05, 3.63) is 58.0 Å². The van der Waals surface area contributed by atoms with Crippen LogP contribution < -0.4 is 10.5 Å². The maximum Gasteiger partial charge on any atom is 0.276 e.